The summed E-state index contributed by atoms with van der Waals surface area (Å²) in [4.78, 5) is 0. The van der Waals surface area contributed by atoms with E-state index in [0.29, 0.717) is 16.2 Å². The molecule has 3 saturated carbocycles. The summed E-state index contributed by atoms with van der Waals surface area (Å²) in [5.41, 5.74) is 5.31. The van der Waals surface area contributed by atoms with Crippen LogP contribution in [0.2, 0.25) is 0 Å². The SMILES string of the molecule is C/C=C1/CCC2C3=CCC4(C)CCCCC4(C)C3CCC12C. The molecule has 0 aromatic carbocycles. The van der Waals surface area contributed by atoms with Gasteiger partial charge in [-0.05, 0) is 80.0 Å². The highest BCUT2D eigenvalue weighted by Gasteiger charge is 2.58. The van der Waals surface area contributed by atoms with Gasteiger partial charge in [-0.2, -0.15) is 0 Å². The second kappa shape index (κ2) is 4.74. The van der Waals surface area contributed by atoms with Crippen molar-refractivity contribution in [2.75, 3.05) is 0 Å². The molecule has 4 aliphatic rings. The fourth-order valence-electron chi connectivity index (χ4n) is 7.16. The maximum atomic E-state index is 2.73. The maximum absolute atomic E-state index is 2.73. The van der Waals surface area contributed by atoms with E-state index < -0.39 is 0 Å². The van der Waals surface area contributed by atoms with Gasteiger partial charge in [0.1, 0.15) is 0 Å². The standard InChI is InChI=1S/C22H34/c1-5-16-8-9-18-17-10-14-20(2)12-6-7-13-22(20,4)19(17)11-15-21(16,18)3/h5,10,18-19H,6-9,11-15H2,1-4H3/b16-5-. The maximum Gasteiger partial charge on any atom is -0.00507 e. The third-order valence-electron chi connectivity index (χ3n) is 8.92. The second-order valence-electron chi connectivity index (χ2n) is 9.51. The van der Waals surface area contributed by atoms with Gasteiger partial charge in [-0.1, -0.05) is 56.9 Å². The van der Waals surface area contributed by atoms with Crippen LogP contribution in [-0.4, -0.2) is 0 Å². The average Bonchev–Trinajstić information content (AvgIpc) is 2.84. The van der Waals surface area contributed by atoms with E-state index in [2.05, 4.69) is 39.8 Å². The highest BCUT2D eigenvalue weighted by atomic mass is 14.6. The minimum atomic E-state index is 0.496. The Labute approximate surface area is 137 Å². The molecule has 0 N–H and O–H groups in total. The molecule has 0 bridgehead atoms. The zero-order valence-corrected chi connectivity index (χ0v) is 15.2. The normalized spacial score (nSPS) is 52.7. The smallest absolute Gasteiger partial charge is 0.00507 e. The lowest BCUT2D eigenvalue weighted by molar-refractivity contribution is -0.0535. The van der Waals surface area contributed by atoms with Crippen molar-refractivity contribution in [2.24, 2.45) is 28.1 Å². The molecule has 0 saturated heterocycles. The van der Waals surface area contributed by atoms with Gasteiger partial charge >= 0.3 is 0 Å². The zero-order chi connectivity index (χ0) is 15.6. The first kappa shape index (κ1) is 15.0. The van der Waals surface area contributed by atoms with Crippen LogP contribution < -0.4 is 0 Å². The van der Waals surface area contributed by atoms with Crippen molar-refractivity contribution in [1.29, 1.82) is 0 Å². The molecule has 0 nitrogen and oxygen atoms in total. The van der Waals surface area contributed by atoms with Crippen molar-refractivity contribution in [3.63, 3.8) is 0 Å². The zero-order valence-electron chi connectivity index (χ0n) is 15.2. The lowest BCUT2D eigenvalue weighted by Crippen LogP contribution is -2.52. The summed E-state index contributed by atoms with van der Waals surface area (Å²) in [6.45, 7) is 10.1. The van der Waals surface area contributed by atoms with E-state index >= 15 is 0 Å². The van der Waals surface area contributed by atoms with Crippen LogP contribution in [0.5, 0.6) is 0 Å². The Bertz CT molecular complexity index is 538. The molecule has 4 aliphatic carbocycles. The number of rotatable bonds is 0. The Balaban J connectivity index is 1.76. The summed E-state index contributed by atoms with van der Waals surface area (Å²) in [6.07, 6.45) is 18.1. The minimum absolute atomic E-state index is 0.496. The van der Waals surface area contributed by atoms with E-state index in [1.165, 1.54) is 57.8 Å². The van der Waals surface area contributed by atoms with E-state index in [0.717, 1.165) is 11.8 Å². The summed E-state index contributed by atoms with van der Waals surface area (Å²) in [5.74, 6) is 1.75. The average molecular weight is 299 g/mol. The molecule has 0 amide bonds. The van der Waals surface area contributed by atoms with E-state index in [9.17, 15) is 0 Å². The molecule has 0 radical (unpaired) electrons. The van der Waals surface area contributed by atoms with Crippen LogP contribution in [0.1, 0.15) is 85.5 Å². The fraction of sp³-hybridized carbons (Fsp3) is 0.818. The monoisotopic (exact) mass is 298 g/mol. The highest BCUT2D eigenvalue weighted by Crippen LogP contribution is 2.68. The predicted molar refractivity (Wildman–Crippen MR) is 94.7 cm³/mol. The first-order valence-electron chi connectivity index (χ1n) is 9.80. The number of hydrogen-bond donors (Lipinski definition) is 0. The molecule has 3 fully saturated rings. The summed E-state index contributed by atoms with van der Waals surface area (Å²) in [5, 5.41) is 0. The Morgan fingerprint density at radius 3 is 2.55 bits per heavy atom. The summed E-state index contributed by atoms with van der Waals surface area (Å²) < 4.78 is 0. The van der Waals surface area contributed by atoms with Gasteiger partial charge in [-0.25, -0.2) is 0 Å². The van der Waals surface area contributed by atoms with Crippen molar-refractivity contribution in [2.45, 2.75) is 85.5 Å². The quantitative estimate of drug-likeness (QED) is 0.438. The van der Waals surface area contributed by atoms with Gasteiger partial charge in [0.25, 0.3) is 0 Å². The van der Waals surface area contributed by atoms with Crippen LogP contribution in [0.3, 0.4) is 0 Å². The fourth-order valence-corrected chi connectivity index (χ4v) is 7.16. The molecule has 122 valence electrons. The lowest BCUT2D eigenvalue weighted by atomic mass is 9.44. The van der Waals surface area contributed by atoms with Crippen molar-refractivity contribution in [3.8, 4) is 0 Å². The van der Waals surface area contributed by atoms with Gasteiger partial charge in [-0.15, -0.1) is 0 Å². The van der Waals surface area contributed by atoms with Gasteiger partial charge in [0.05, 0.1) is 0 Å². The van der Waals surface area contributed by atoms with Crippen molar-refractivity contribution in [1.82, 2.24) is 0 Å². The van der Waals surface area contributed by atoms with E-state index in [-0.39, 0.29) is 0 Å². The first-order chi connectivity index (χ1) is 10.4. The minimum Gasteiger partial charge on any atom is -0.0879 e. The summed E-state index contributed by atoms with van der Waals surface area (Å²) >= 11 is 0. The van der Waals surface area contributed by atoms with Crippen LogP contribution in [0.4, 0.5) is 0 Å². The van der Waals surface area contributed by atoms with Gasteiger partial charge in [0.2, 0.25) is 0 Å². The Morgan fingerprint density at radius 2 is 1.77 bits per heavy atom. The largest absolute Gasteiger partial charge is 0.0879 e. The highest BCUT2D eigenvalue weighted by molar-refractivity contribution is 5.35. The summed E-state index contributed by atoms with van der Waals surface area (Å²) in [7, 11) is 0. The number of allylic oxidation sites excluding steroid dienone is 4. The van der Waals surface area contributed by atoms with Gasteiger partial charge in [0, 0.05) is 0 Å². The summed E-state index contributed by atoms with van der Waals surface area (Å²) in [6, 6.07) is 0. The van der Waals surface area contributed by atoms with Crippen LogP contribution >= 0.6 is 0 Å². The third-order valence-corrected chi connectivity index (χ3v) is 8.92. The third kappa shape index (κ3) is 1.70. The van der Waals surface area contributed by atoms with Crippen LogP contribution in [0.15, 0.2) is 23.3 Å². The molecule has 0 aromatic rings. The molecule has 22 heavy (non-hydrogen) atoms. The molecule has 0 heterocycles. The Kier molecular flexibility index (Phi) is 3.24. The van der Waals surface area contributed by atoms with Crippen molar-refractivity contribution < 1.29 is 0 Å². The first-order valence-corrected chi connectivity index (χ1v) is 9.80. The van der Waals surface area contributed by atoms with Crippen molar-refractivity contribution >= 4 is 0 Å². The number of hydrogen-bond acceptors (Lipinski definition) is 0. The molecule has 0 aliphatic heterocycles. The van der Waals surface area contributed by atoms with Crippen LogP contribution in [0.25, 0.3) is 0 Å². The number of fused-ring (bicyclic) bond motifs is 5. The predicted octanol–water partition coefficient (Wildman–Crippen LogP) is 6.68. The van der Waals surface area contributed by atoms with Crippen LogP contribution in [0, 0.1) is 28.1 Å². The van der Waals surface area contributed by atoms with E-state index in [1.807, 2.05) is 5.57 Å². The molecule has 0 aromatic heterocycles. The Morgan fingerprint density at radius 1 is 1.00 bits per heavy atom. The topological polar surface area (TPSA) is 0 Å². The van der Waals surface area contributed by atoms with Gasteiger partial charge < -0.3 is 0 Å². The molecule has 4 rings (SSSR count). The molecule has 5 unspecified atom stereocenters. The Hall–Kier alpha value is -0.520. The van der Waals surface area contributed by atoms with Gasteiger partial charge in [-0.3, -0.25) is 0 Å². The van der Waals surface area contributed by atoms with Crippen molar-refractivity contribution in [3.05, 3.63) is 23.3 Å². The van der Waals surface area contributed by atoms with Crippen LogP contribution in [-0.2, 0) is 0 Å². The molecule has 5 atom stereocenters. The molecule has 0 heteroatoms. The second-order valence-corrected chi connectivity index (χ2v) is 9.51. The molecule has 0 spiro atoms. The lowest BCUT2D eigenvalue weighted by Gasteiger charge is -2.61. The molecular formula is C22H34. The van der Waals surface area contributed by atoms with Gasteiger partial charge in [0.15, 0.2) is 0 Å². The van der Waals surface area contributed by atoms with E-state index in [4.69, 9.17) is 0 Å². The van der Waals surface area contributed by atoms with E-state index in [1.54, 1.807) is 5.57 Å². The molecular weight excluding hydrogens is 264 g/mol.